The van der Waals surface area contributed by atoms with E-state index in [1.807, 2.05) is 6.08 Å². The molecule has 1 aliphatic rings. The molecule has 4 heteroatoms. The van der Waals surface area contributed by atoms with Gasteiger partial charge in [0, 0.05) is 27.1 Å². The highest BCUT2D eigenvalue weighted by molar-refractivity contribution is 6.07. The highest BCUT2D eigenvalue weighted by atomic mass is 15.2. The van der Waals surface area contributed by atoms with E-state index in [9.17, 15) is 0 Å². The third-order valence-electron chi connectivity index (χ3n) is 22.1. The average molecular weight is 1320 g/mol. The maximum Gasteiger partial charge on any atom is 0.238 e. The second kappa shape index (κ2) is 25.7. The molecule has 0 bridgehead atoms. The molecule has 2 heterocycles. The van der Waals surface area contributed by atoms with Crippen LogP contribution in [-0.2, 0) is 5.41 Å². The minimum atomic E-state index is -0.301. The van der Waals surface area contributed by atoms with Crippen molar-refractivity contribution in [2.75, 3.05) is 0 Å². The lowest BCUT2D eigenvalue weighted by atomic mass is 9.80. The van der Waals surface area contributed by atoms with Crippen LogP contribution in [0.3, 0.4) is 0 Å². The SMILES string of the molecule is C=C/C=c1\c(=C/C)n(-c2nc(-c3cccc4c(-c5cccc(-c6c(C)c(-c7ccccc7)c(C)c(-c7ccccc7)c6C)c5)cccc34)nc(-c3cccc4c(-c5cccc(-c6c(C)c(-c7ccccc7)c(C)c(-c7ccccc7)c6C)c5)cccc34)n2)c2ccc3c(c12)C(C)(C)c1ccccc1-3. The standard InChI is InChI=1S/C99H78N4/c1-11-33-84-86(12-2)103(87-57-56-81-80-46-25-26-55-85(80)99(9,10)95(81)94(84)87)98-101-96(82-53-31-49-76-74(47-29-51-78(76)82)70-42-27-44-72(58-70)92-62(5)88(66-34-17-13-18-35-66)60(3)89(63(92)6)67-36-19-14-20-37-67)100-97(102-98)83-54-32-50-77-75(48-30-52-79(77)83)71-43-28-45-73(59-71)93-64(7)90(68-38-21-15-22-39-68)61(4)91(65(93)8)69-40-23-16-24-41-69/h11-59H,1H2,2-10H3/b84-33+,86-12+. The van der Waals surface area contributed by atoms with Crippen molar-refractivity contribution in [1.82, 2.24) is 19.5 Å². The second-order valence-corrected chi connectivity index (χ2v) is 28.2. The number of aromatic nitrogens is 4. The smallest absolute Gasteiger partial charge is 0.238 e. The maximum absolute atomic E-state index is 5.74. The minimum Gasteiger partial charge on any atom is -0.278 e. The van der Waals surface area contributed by atoms with Crippen molar-refractivity contribution in [2.45, 2.75) is 67.7 Å². The molecule has 14 aromatic carbocycles. The fourth-order valence-corrected chi connectivity index (χ4v) is 17.8. The lowest BCUT2D eigenvalue weighted by Gasteiger charge is -2.24. The zero-order valence-electron chi connectivity index (χ0n) is 59.8. The van der Waals surface area contributed by atoms with Crippen molar-refractivity contribution < 1.29 is 0 Å². The normalized spacial score (nSPS) is 12.7. The van der Waals surface area contributed by atoms with E-state index < -0.39 is 0 Å². The molecule has 0 saturated carbocycles. The molecule has 4 nitrogen and oxygen atoms in total. The summed E-state index contributed by atoms with van der Waals surface area (Å²) in [5.41, 5.74) is 34.6. The molecule has 16 aromatic rings. The monoisotopic (exact) mass is 1320 g/mol. The summed E-state index contributed by atoms with van der Waals surface area (Å²) >= 11 is 0. The van der Waals surface area contributed by atoms with E-state index >= 15 is 0 Å². The van der Waals surface area contributed by atoms with E-state index in [1.165, 1.54) is 122 Å². The molecule has 0 saturated heterocycles. The Labute approximate surface area is 603 Å². The van der Waals surface area contributed by atoms with E-state index in [0.29, 0.717) is 17.6 Å². The van der Waals surface area contributed by atoms with Gasteiger partial charge in [0.15, 0.2) is 11.6 Å². The largest absolute Gasteiger partial charge is 0.278 e. The number of fused-ring (bicyclic) bond motifs is 7. The molecule has 17 rings (SSSR count). The Morgan fingerprint density at radius 3 is 1.08 bits per heavy atom. The van der Waals surface area contributed by atoms with Crippen molar-refractivity contribution in [3.8, 4) is 129 Å². The Morgan fingerprint density at radius 1 is 0.330 bits per heavy atom. The minimum absolute atomic E-state index is 0.301. The number of nitrogens with zero attached hydrogens (tertiary/aromatic N) is 4. The lowest BCUT2D eigenvalue weighted by molar-refractivity contribution is 0.666. The molecule has 0 fully saturated rings. The van der Waals surface area contributed by atoms with Crippen LogP contribution in [0, 0.1) is 41.5 Å². The lowest BCUT2D eigenvalue weighted by Crippen LogP contribution is -2.30. The molecule has 0 N–H and O–H groups in total. The number of hydrogen-bond acceptors (Lipinski definition) is 3. The molecule has 0 amide bonds. The third kappa shape index (κ3) is 10.5. The Bertz CT molecular complexity index is 5850. The number of benzene rings is 14. The van der Waals surface area contributed by atoms with Crippen LogP contribution in [0.25, 0.3) is 173 Å². The molecular formula is C99H78N4. The maximum atomic E-state index is 5.74. The molecular weight excluding hydrogens is 1250 g/mol. The van der Waals surface area contributed by atoms with E-state index in [1.54, 1.807) is 0 Å². The fourth-order valence-electron chi connectivity index (χ4n) is 17.8. The van der Waals surface area contributed by atoms with Crippen molar-refractivity contribution in [2.24, 2.45) is 0 Å². The quantitative estimate of drug-likeness (QED) is 0.122. The summed E-state index contributed by atoms with van der Waals surface area (Å²) in [6.45, 7) is 24.9. The zero-order chi connectivity index (χ0) is 70.4. The predicted octanol–water partition coefficient (Wildman–Crippen LogP) is 24.7. The van der Waals surface area contributed by atoms with Gasteiger partial charge in [-0.25, -0.2) is 4.98 Å². The van der Waals surface area contributed by atoms with Gasteiger partial charge in [-0.15, -0.1) is 0 Å². The molecule has 0 atom stereocenters. The van der Waals surface area contributed by atoms with Crippen LogP contribution < -0.4 is 10.6 Å². The van der Waals surface area contributed by atoms with E-state index in [0.717, 1.165) is 76.4 Å². The van der Waals surface area contributed by atoms with E-state index in [4.69, 9.17) is 15.0 Å². The van der Waals surface area contributed by atoms with Crippen LogP contribution >= 0.6 is 0 Å². The molecule has 494 valence electrons. The molecule has 0 aliphatic heterocycles. The fraction of sp³-hybridized carbons (Fsp3) is 0.101. The number of hydrogen-bond donors (Lipinski definition) is 0. The van der Waals surface area contributed by atoms with Gasteiger partial charge in [-0.2, -0.15) is 9.97 Å². The van der Waals surface area contributed by atoms with Crippen molar-refractivity contribution in [3.05, 3.63) is 347 Å². The number of allylic oxidation sites excluding steroid dienone is 1. The first kappa shape index (κ1) is 64.0. The van der Waals surface area contributed by atoms with Gasteiger partial charge in [-0.1, -0.05) is 300 Å². The van der Waals surface area contributed by atoms with E-state index in [-0.39, 0.29) is 5.41 Å². The van der Waals surface area contributed by atoms with Gasteiger partial charge in [-0.3, -0.25) is 4.57 Å². The van der Waals surface area contributed by atoms with Gasteiger partial charge in [0.25, 0.3) is 0 Å². The summed E-state index contributed by atoms with van der Waals surface area (Å²) in [5, 5.41) is 7.50. The van der Waals surface area contributed by atoms with Crippen molar-refractivity contribution in [1.29, 1.82) is 0 Å². The summed E-state index contributed by atoms with van der Waals surface area (Å²) in [4.78, 5) is 17.2. The topological polar surface area (TPSA) is 43.6 Å². The van der Waals surface area contributed by atoms with Gasteiger partial charge in [0.05, 0.1) is 10.9 Å². The highest BCUT2D eigenvalue weighted by Crippen LogP contribution is 2.52. The Kier molecular flexibility index (Phi) is 16.0. The van der Waals surface area contributed by atoms with Crippen molar-refractivity contribution >= 4 is 44.6 Å². The van der Waals surface area contributed by atoms with Gasteiger partial charge < -0.3 is 0 Å². The first-order chi connectivity index (χ1) is 50.3. The predicted molar refractivity (Wildman–Crippen MR) is 436 cm³/mol. The Hall–Kier alpha value is -12.4. The molecule has 103 heavy (non-hydrogen) atoms. The first-order valence-electron chi connectivity index (χ1n) is 35.9. The number of rotatable bonds is 12. The zero-order valence-corrected chi connectivity index (χ0v) is 59.8. The summed E-state index contributed by atoms with van der Waals surface area (Å²) in [5.74, 6) is 1.68. The summed E-state index contributed by atoms with van der Waals surface area (Å²) < 4.78 is 2.27. The van der Waals surface area contributed by atoms with Gasteiger partial charge in [0.2, 0.25) is 5.95 Å². The van der Waals surface area contributed by atoms with Gasteiger partial charge in [-0.05, 0) is 233 Å². The third-order valence-corrected chi connectivity index (χ3v) is 22.1. The Morgan fingerprint density at radius 2 is 0.670 bits per heavy atom. The molecule has 0 radical (unpaired) electrons. The summed E-state index contributed by atoms with van der Waals surface area (Å²) in [7, 11) is 0. The van der Waals surface area contributed by atoms with Gasteiger partial charge >= 0.3 is 0 Å². The average Bonchev–Trinajstić information content (AvgIpc) is 1.58. The molecule has 0 spiro atoms. The van der Waals surface area contributed by atoms with Gasteiger partial charge in [0.1, 0.15) is 0 Å². The van der Waals surface area contributed by atoms with Crippen LogP contribution in [0.1, 0.15) is 65.3 Å². The second-order valence-electron chi connectivity index (χ2n) is 28.2. The van der Waals surface area contributed by atoms with Crippen LogP contribution in [0.5, 0.6) is 0 Å². The first-order valence-corrected chi connectivity index (χ1v) is 35.9. The molecule has 2 aromatic heterocycles. The van der Waals surface area contributed by atoms with Crippen LogP contribution in [0.2, 0.25) is 0 Å². The van der Waals surface area contributed by atoms with Crippen LogP contribution in [0.15, 0.2) is 292 Å². The van der Waals surface area contributed by atoms with Crippen LogP contribution in [-0.4, -0.2) is 19.5 Å². The van der Waals surface area contributed by atoms with Crippen LogP contribution in [0.4, 0.5) is 0 Å². The molecule has 1 aliphatic carbocycles. The summed E-state index contributed by atoms with van der Waals surface area (Å²) in [6.07, 6.45) is 6.28. The van der Waals surface area contributed by atoms with E-state index in [2.05, 4.69) is 365 Å². The van der Waals surface area contributed by atoms with Crippen molar-refractivity contribution in [3.63, 3.8) is 0 Å². The summed E-state index contributed by atoms with van der Waals surface area (Å²) in [6, 6.07) is 102. The molecule has 0 unspecified atom stereocenters. The highest BCUT2D eigenvalue weighted by Gasteiger charge is 2.38. The Balaban J connectivity index is 0.863.